The standard InChI is InChI=1S/C22H14Cl2N2O2S/c23-16-4-11-21(24)20(14-16)22(27)15-2-5-17(6-3-15)28-18-7-9-19(10-8-18)29-26-13-1-12-25-26/h1-14H. The van der Waals surface area contributed by atoms with Crippen LogP contribution in [0.15, 0.2) is 90.1 Å². The third-order valence-electron chi connectivity index (χ3n) is 4.03. The number of carbonyl (C=O) groups excluding carboxylic acids is 1. The Bertz CT molecular complexity index is 1130. The molecule has 0 saturated carbocycles. The summed E-state index contributed by atoms with van der Waals surface area (Å²) in [4.78, 5) is 13.7. The van der Waals surface area contributed by atoms with E-state index in [9.17, 15) is 4.79 Å². The third kappa shape index (κ3) is 4.82. The molecule has 1 aromatic heterocycles. The molecule has 0 aliphatic carbocycles. The fourth-order valence-electron chi connectivity index (χ4n) is 2.62. The summed E-state index contributed by atoms with van der Waals surface area (Å²) in [5.74, 6) is 1.14. The van der Waals surface area contributed by atoms with Gasteiger partial charge < -0.3 is 4.74 Å². The van der Waals surface area contributed by atoms with Crippen LogP contribution in [0.4, 0.5) is 0 Å². The van der Waals surface area contributed by atoms with Crippen LogP contribution in [-0.2, 0) is 0 Å². The van der Waals surface area contributed by atoms with E-state index in [1.807, 2.05) is 36.5 Å². The van der Waals surface area contributed by atoms with Crippen molar-refractivity contribution < 1.29 is 9.53 Å². The monoisotopic (exact) mass is 440 g/mol. The van der Waals surface area contributed by atoms with E-state index in [-0.39, 0.29) is 5.78 Å². The van der Waals surface area contributed by atoms with Gasteiger partial charge in [0.25, 0.3) is 0 Å². The summed E-state index contributed by atoms with van der Waals surface area (Å²) in [6.45, 7) is 0. The molecule has 29 heavy (non-hydrogen) atoms. The molecule has 0 unspecified atom stereocenters. The lowest BCUT2D eigenvalue weighted by Gasteiger charge is -2.08. The highest BCUT2D eigenvalue weighted by atomic mass is 35.5. The largest absolute Gasteiger partial charge is 0.457 e. The molecule has 0 fully saturated rings. The Morgan fingerprint density at radius 2 is 1.62 bits per heavy atom. The zero-order valence-electron chi connectivity index (χ0n) is 15.0. The second-order valence-corrected chi connectivity index (χ2v) is 7.92. The number of hydrogen-bond donors (Lipinski definition) is 0. The Labute approximate surface area is 182 Å². The van der Waals surface area contributed by atoms with Gasteiger partial charge in [-0.05, 0) is 72.8 Å². The van der Waals surface area contributed by atoms with Gasteiger partial charge in [-0.15, -0.1) is 0 Å². The number of benzene rings is 3. The Morgan fingerprint density at radius 1 is 0.931 bits per heavy atom. The Morgan fingerprint density at radius 3 is 2.28 bits per heavy atom. The Balaban J connectivity index is 1.44. The van der Waals surface area contributed by atoms with Crippen LogP contribution in [0.2, 0.25) is 10.0 Å². The van der Waals surface area contributed by atoms with Gasteiger partial charge in [0, 0.05) is 45.4 Å². The average molecular weight is 441 g/mol. The van der Waals surface area contributed by atoms with Gasteiger partial charge in [-0.25, -0.2) is 4.09 Å². The highest BCUT2D eigenvalue weighted by Crippen LogP contribution is 2.27. The molecule has 0 aliphatic heterocycles. The van der Waals surface area contributed by atoms with Gasteiger partial charge in [-0.3, -0.25) is 4.79 Å². The van der Waals surface area contributed by atoms with Crippen molar-refractivity contribution in [3.05, 3.63) is 106 Å². The third-order valence-corrected chi connectivity index (χ3v) is 5.48. The van der Waals surface area contributed by atoms with Gasteiger partial charge >= 0.3 is 0 Å². The topological polar surface area (TPSA) is 44.1 Å². The van der Waals surface area contributed by atoms with Crippen LogP contribution in [0.1, 0.15) is 15.9 Å². The Hall–Kier alpha value is -2.73. The van der Waals surface area contributed by atoms with E-state index in [0.717, 1.165) is 4.90 Å². The zero-order chi connectivity index (χ0) is 20.2. The fourth-order valence-corrected chi connectivity index (χ4v) is 3.70. The molecule has 0 spiro atoms. The lowest BCUT2D eigenvalue weighted by molar-refractivity contribution is 0.103. The van der Waals surface area contributed by atoms with Crippen molar-refractivity contribution in [2.45, 2.75) is 4.90 Å². The number of ether oxygens (including phenoxy) is 1. The smallest absolute Gasteiger partial charge is 0.194 e. The lowest BCUT2D eigenvalue weighted by atomic mass is 10.0. The molecule has 1 heterocycles. The molecule has 0 amide bonds. The van der Waals surface area contributed by atoms with E-state index in [4.69, 9.17) is 27.9 Å². The summed E-state index contributed by atoms with van der Waals surface area (Å²) in [6, 6.07) is 21.3. The number of nitrogens with zero attached hydrogens (tertiary/aromatic N) is 2. The maximum absolute atomic E-state index is 12.7. The van der Waals surface area contributed by atoms with Gasteiger partial charge in [0.15, 0.2) is 5.78 Å². The molecule has 0 radical (unpaired) electrons. The van der Waals surface area contributed by atoms with E-state index >= 15 is 0 Å². The first-order chi connectivity index (χ1) is 14.1. The van der Waals surface area contributed by atoms with Crippen LogP contribution in [-0.4, -0.2) is 15.0 Å². The molecule has 4 rings (SSSR count). The van der Waals surface area contributed by atoms with Gasteiger partial charge in [0.1, 0.15) is 11.5 Å². The van der Waals surface area contributed by atoms with Gasteiger partial charge in [-0.1, -0.05) is 23.2 Å². The fraction of sp³-hybridized carbons (Fsp3) is 0. The number of aromatic nitrogens is 2. The van der Waals surface area contributed by atoms with Crippen molar-refractivity contribution in [1.82, 2.24) is 9.19 Å². The number of hydrogen-bond acceptors (Lipinski definition) is 4. The van der Waals surface area contributed by atoms with Crippen molar-refractivity contribution in [3.63, 3.8) is 0 Å². The molecule has 4 nitrogen and oxygen atoms in total. The van der Waals surface area contributed by atoms with Crippen LogP contribution < -0.4 is 4.74 Å². The molecule has 0 bridgehead atoms. The molecule has 0 aliphatic rings. The van der Waals surface area contributed by atoms with Crippen LogP contribution in [0.3, 0.4) is 0 Å². The first kappa shape index (κ1) is 19.6. The van der Waals surface area contributed by atoms with Crippen LogP contribution in [0.5, 0.6) is 11.5 Å². The minimum absolute atomic E-state index is 0.191. The second-order valence-electron chi connectivity index (χ2n) is 6.05. The summed E-state index contributed by atoms with van der Waals surface area (Å²) in [7, 11) is 0. The van der Waals surface area contributed by atoms with E-state index in [2.05, 4.69) is 5.10 Å². The van der Waals surface area contributed by atoms with Crippen molar-refractivity contribution in [1.29, 1.82) is 0 Å². The first-order valence-corrected chi connectivity index (χ1v) is 10.2. The van der Waals surface area contributed by atoms with Crippen molar-refractivity contribution in [2.75, 3.05) is 0 Å². The van der Waals surface area contributed by atoms with E-state index in [1.165, 1.54) is 11.9 Å². The van der Waals surface area contributed by atoms with Crippen LogP contribution >= 0.6 is 35.1 Å². The summed E-state index contributed by atoms with van der Waals surface area (Å²) in [5.41, 5.74) is 0.880. The number of carbonyl (C=O) groups is 1. The predicted molar refractivity (Wildman–Crippen MR) is 116 cm³/mol. The SMILES string of the molecule is O=C(c1ccc(Oc2ccc(Sn3cccn3)cc2)cc1)c1cc(Cl)ccc1Cl. The number of halogens is 2. The maximum Gasteiger partial charge on any atom is 0.194 e. The van der Waals surface area contributed by atoms with E-state index in [0.29, 0.717) is 32.7 Å². The molecule has 144 valence electrons. The highest BCUT2D eigenvalue weighted by molar-refractivity contribution is 7.97. The summed E-state index contributed by atoms with van der Waals surface area (Å²) in [5, 5.41) is 4.99. The number of ketones is 1. The molecule has 7 heteroatoms. The summed E-state index contributed by atoms with van der Waals surface area (Å²) < 4.78 is 7.64. The molecule has 4 aromatic rings. The maximum atomic E-state index is 12.7. The number of rotatable bonds is 6. The lowest BCUT2D eigenvalue weighted by Crippen LogP contribution is -2.02. The van der Waals surface area contributed by atoms with E-state index in [1.54, 1.807) is 52.7 Å². The first-order valence-electron chi connectivity index (χ1n) is 8.64. The minimum atomic E-state index is -0.191. The second kappa shape index (κ2) is 8.74. The minimum Gasteiger partial charge on any atom is -0.457 e. The predicted octanol–water partition coefficient (Wildman–Crippen LogP) is 6.77. The average Bonchev–Trinajstić information content (AvgIpc) is 3.24. The van der Waals surface area contributed by atoms with Gasteiger partial charge in [-0.2, -0.15) is 5.10 Å². The van der Waals surface area contributed by atoms with Gasteiger partial charge in [0.2, 0.25) is 0 Å². The molecular weight excluding hydrogens is 427 g/mol. The summed E-state index contributed by atoms with van der Waals surface area (Å²) >= 11 is 13.6. The molecule has 0 saturated heterocycles. The quantitative estimate of drug-likeness (QED) is 0.310. The van der Waals surface area contributed by atoms with Crippen molar-refractivity contribution in [3.8, 4) is 11.5 Å². The molecule has 0 N–H and O–H groups in total. The Kier molecular flexibility index (Phi) is 5.90. The summed E-state index contributed by atoms with van der Waals surface area (Å²) in [6.07, 6.45) is 3.62. The van der Waals surface area contributed by atoms with Crippen molar-refractivity contribution >= 4 is 40.9 Å². The molecular formula is C22H14Cl2N2O2S. The normalized spacial score (nSPS) is 10.7. The zero-order valence-corrected chi connectivity index (χ0v) is 17.3. The van der Waals surface area contributed by atoms with Crippen LogP contribution in [0.25, 0.3) is 0 Å². The van der Waals surface area contributed by atoms with Crippen LogP contribution in [0, 0.1) is 0 Å². The van der Waals surface area contributed by atoms with Crippen molar-refractivity contribution in [2.24, 2.45) is 0 Å². The van der Waals surface area contributed by atoms with E-state index < -0.39 is 0 Å². The highest BCUT2D eigenvalue weighted by Gasteiger charge is 2.13. The van der Waals surface area contributed by atoms with Gasteiger partial charge in [0.05, 0.1) is 5.02 Å². The molecule has 3 aromatic carbocycles. The molecule has 0 atom stereocenters.